The minimum atomic E-state index is 0.269. The second-order valence-corrected chi connectivity index (χ2v) is 4.90. The van der Waals surface area contributed by atoms with Crippen molar-refractivity contribution in [2.24, 2.45) is 0 Å². The largest absolute Gasteiger partial charge is 0.490 e. The first-order valence-corrected chi connectivity index (χ1v) is 6.47. The molecule has 0 heterocycles. The maximum absolute atomic E-state index is 5.89. The number of benzene rings is 1. The molecule has 0 bridgehead atoms. The van der Waals surface area contributed by atoms with Gasteiger partial charge in [-0.15, -0.1) is 0 Å². The van der Waals surface area contributed by atoms with Crippen LogP contribution in [0.4, 0.5) is 0 Å². The third kappa shape index (κ3) is 3.53. The van der Waals surface area contributed by atoms with E-state index in [1.165, 1.54) is 16.7 Å². The van der Waals surface area contributed by atoms with Gasteiger partial charge in [-0.25, -0.2) is 0 Å². The molecule has 0 saturated heterocycles. The van der Waals surface area contributed by atoms with Crippen LogP contribution in [0.1, 0.15) is 30.0 Å². The fourth-order valence-corrected chi connectivity index (χ4v) is 2.14. The number of halogens is 1. The molecule has 0 radical (unpaired) electrons. The highest BCUT2D eigenvalue weighted by molar-refractivity contribution is 9.09. The zero-order chi connectivity index (χ0) is 11.4. The molecule has 1 unspecified atom stereocenters. The SMILES string of the molecule is Cc1cc(C)c(OC(C)CCBr)cc1C. The standard InChI is InChI=1S/C13H19BrO/c1-9-7-11(3)13(8-10(9)2)15-12(4)5-6-14/h7-8,12H,5-6H2,1-4H3. The molecular weight excluding hydrogens is 252 g/mol. The number of ether oxygens (including phenoxy) is 1. The summed E-state index contributed by atoms with van der Waals surface area (Å²) in [5.74, 6) is 1.02. The van der Waals surface area contributed by atoms with Crippen LogP contribution in [-0.4, -0.2) is 11.4 Å². The number of hydrogen-bond donors (Lipinski definition) is 0. The normalized spacial score (nSPS) is 12.6. The lowest BCUT2D eigenvalue weighted by molar-refractivity contribution is 0.217. The Morgan fingerprint density at radius 3 is 2.33 bits per heavy atom. The van der Waals surface area contributed by atoms with Crippen LogP contribution < -0.4 is 4.74 Å². The fourth-order valence-electron chi connectivity index (χ4n) is 1.49. The molecule has 0 aliphatic rings. The molecule has 0 aliphatic carbocycles. The van der Waals surface area contributed by atoms with E-state index in [1.807, 2.05) is 0 Å². The van der Waals surface area contributed by atoms with E-state index in [-0.39, 0.29) is 6.10 Å². The summed E-state index contributed by atoms with van der Waals surface area (Å²) in [5.41, 5.74) is 3.84. The van der Waals surface area contributed by atoms with Crippen molar-refractivity contribution in [3.63, 3.8) is 0 Å². The van der Waals surface area contributed by atoms with Gasteiger partial charge in [-0.1, -0.05) is 22.0 Å². The topological polar surface area (TPSA) is 9.23 Å². The summed E-state index contributed by atoms with van der Waals surface area (Å²) in [6, 6.07) is 4.32. The van der Waals surface area contributed by atoms with E-state index in [9.17, 15) is 0 Å². The van der Waals surface area contributed by atoms with Gasteiger partial charge >= 0.3 is 0 Å². The van der Waals surface area contributed by atoms with E-state index in [0.29, 0.717) is 0 Å². The molecule has 15 heavy (non-hydrogen) atoms. The Bertz CT molecular complexity index is 334. The van der Waals surface area contributed by atoms with Crippen molar-refractivity contribution in [3.8, 4) is 5.75 Å². The van der Waals surface area contributed by atoms with Crippen LogP contribution in [0.2, 0.25) is 0 Å². The van der Waals surface area contributed by atoms with Crippen LogP contribution >= 0.6 is 15.9 Å². The molecule has 0 fully saturated rings. The average molecular weight is 271 g/mol. The van der Waals surface area contributed by atoms with Crippen molar-refractivity contribution in [1.82, 2.24) is 0 Å². The third-order valence-electron chi connectivity index (χ3n) is 2.64. The highest BCUT2D eigenvalue weighted by Crippen LogP contribution is 2.23. The summed E-state index contributed by atoms with van der Waals surface area (Å²) in [4.78, 5) is 0. The van der Waals surface area contributed by atoms with Crippen LogP contribution in [0, 0.1) is 20.8 Å². The quantitative estimate of drug-likeness (QED) is 0.747. The first-order valence-electron chi connectivity index (χ1n) is 5.35. The van der Waals surface area contributed by atoms with Crippen LogP contribution in [0.25, 0.3) is 0 Å². The zero-order valence-corrected chi connectivity index (χ0v) is 11.5. The molecule has 1 aromatic carbocycles. The Labute approximate surface area is 101 Å². The fraction of sp³-hybridized carbons (Fsp3) is 0.538. The summed E-state index contributed by atoms with van der Waals surface area (Å²) in [6.07, 6.45) is 1.30. The van der Waals surface area contributed by atoms with Crippen molar-refractivity contribution in [2.45, 2.75) is 40.2 Å². The van der Waals surface area contributed by atoms with E-state index in [0.717, 1.165) is 17.5 Å². The van der Waals surface area contributed by atoms with Gasteiger partial charge in [-0.3, -0.25) is 0 Å². The van der Waals surface area contributed by atoms with Crippen molar-refractivity contribution >= 4 is 15.9 Å². The smallest absolute Gasteiger partial charge is 0.122 e. The first-order chi connectivity index (χ1) is 7.04. The zero-order valence-electron chi connectivity index (χ0n) is 9.93. The maximum atomic E-state index is 5.89. The van der Waals surface area contributed by atoms with Crippen LogP contribution in [-0.2, 0) is 0 Å². The molecular formula is C13H19BrO. The van der Waals surface area contributed by atoms with Gasteiger partial charge in [0.25, 0.3) is 0 Å². The minimum Gasteiger partial charge on any atom is -0.490 e. The molecule has 0 spiro atoms. The van der Waals surface area contributed by atoms with E-state index in [2.05, 4.69) is 55.8 Å². The minimum absolute atomic E-state index is 0.269. The number of aryl methyl sites for hydroxylation is 3. The molecule has 1 nitrogen and oxygen atoms in total. The summed E-state index contributed by atoms with van der Waals surface area (Å²) in [7, 11) is 0. The van der Waals surface area contributed by atoms with Gasteiger partial charge in [-0.2, -0.15) is 0 Å². The number of hydrogen-bond acceptors (Lipinski definition) is 1. The molecule has 0 N–H and O–H groups in total. The van der Waals surface area contributed by atoms with E-state index in [1.54, 1.807) is 0 Å². The molecule has 0 saturated carbocycles. The van der Waals surface area contributed by atoms with Crippen LogP contribution in [0.3, 0.4) is 0 Å². The second-order valence-electron chi connectivity index (χ2n) is 4.11. The average Bonchev–Trinajstić information content (AvgIpc) is 2.14. The van der Waals surface area contributed by atoms with Gasteiger partial charge in [-0.05, 0) is 56.9 Å². The Kier molecular flexibility index (Phi) is 4.65. The van der Waals surface area contributed by atoms with Gasteiger partial charge in [0.05, 0.1) is 6.10 Å². The highest BCUT2D eigenvalue weighted by Gasteiger charge is 2.07. The van der Waals surface area contributed by atoms with Gasteiger partial charge in [0.1, 0.15) is 5.75 Å². The monoisotopic (exact) mass is 270 g/mol. The predicted molar refractivity (Wildman–Crippen MR) is 69.2 cm³/mol. The molecule has 2 heteroatoms. The Morgan fingerprint density at radius 2 is 1.73 bits per heavy atom. The Balaban J connectivity index is 2.81. The van der Waals surface area contributed by atoms with Gasteiger partial charge in [0.15, 0.2) is 0 Å². The first kappa shape index (κ1) is 12.6. The highest BCUT2D eigenvalue weighted by atomic mass is 79.9. The van der Waals surface area contributed by atoms with Crippen molar-refractivity contribution in [3.05, 3.63) is 28.8 Å². The predicted octanol–water partition coefficient (Wildman–Crippen LogP) is 4.16. The molecule has 0 aromatic heterocycles. The maximum Gasteiger partial charge on any atom is 0.122 e. The van der Waals surface area contributed by atoms with Crippen LogP contribution in [0.15, 0.2) is 12.1 Å². The lowest BCUT2D eigenvalue weighted by atomic mass is 10.1. The molecule has 84 valence electrons. The molecule has 1 atom stereocenters. The van der Waals surface area contributed by atoms with Crippen molar-refractivity contribution in [1.29, 1.82) is 0 Å². The second kappa shape index (κ2) is 5.55. The van der Waals surface area contributed by atoms with Gasteiger partial charge in [0, 0.05) is 5.33 Å². The van der Waals surface area contributed by atoms with Gasteiger partial charge < -0.3 is 4.74 Å². The summed E-state index contributed by atoms with van der Waals surface area (Å²) in [6.45, 7) is 8.46. The molecule has 1 rings (SSSR count). The molecule has 0 aliphatic heterocycles. The Hall–Kier alpha value is -0.500. The lowest BCUT2D eigenvalue weighted by Crippen LogP contribution is -2.13. The Morgan fingerprint density at radius 1 is 1.13 bits per heavy atom. The van der Waals surface area contributed by atoms with Crippen molar-refractivity contribution < 1.29 is 4.74 Å². The van der Waals surface area contributed by atoms with Gasteiger partial charge in [0.2, 0.25) is 0 Å². The third-order valence-corrected chi connectivity index (χ3v) is 3.09. The number of rotatable bonds is 4. The van der Waals surface area contributed by atoms with E-state index < -0.39 is 0 Å². The van der Waals surface area contributed by atoms with Crippen LogP contribution in [0.5, 0.6) is 5.75 Å². The number of alkyl halides is 1. The summed E-state index contributed by atoms with van der Waals surface area (Å²) in [5, 5.41) is 0.984. The summed E-state index contributed by atoms with van der Waals surface area (Å²) >= 11 is 3.43. The van der Waals surface area contributed by atoms with E-state index >= 15 is 0 Å². The lowest BCUT2D eigenvalue weighted by Gasteiger charge is -2.16. The summed E-state index contributed by atoms with van der Waals surface area (Å²) < 4.78 is 5.89. The van der Waals surface area contributed by atoms with Crippen molar-refractivity contribution in [2.75, 3.05) is 5.33 Å². The molecule has 1 aromatic rings. The molecule has 0 amide bonds. The van der Waals surface area contributed by atoms with E-state index in [4.69, 9.17) is 4.74 Å².